The second-order valence-electron chi connectivity index (χ2n) is 9.11. The van der Waals surface area contributed by atoms with Gasteiger partial charge < -0.3 is 25.1 Å². The normalized spacial score (nSPS) is 19.7. The lowest BCUT2D eigenvalue weighted by Gasteiger charge is -2.34. The van der Waals surface area contributed by atoms with E-state index in [1.54, 1.807) is 0 Å². The average molecular weight is 438 g/mol. The van der Waals surface area contributed by atoms with E-state index in [9.17, 15) is 0 Å². The van der Waals surface area contributed by atoms with E-state index in [-0.39, 0.29) is 0 Å². The highest BCUT2D eigenvalue weighted by Crippen LogP contribution is 2.31. The Morgan fingerprint density at radius 2 is 2.00 bits per heavy atom. The molecule has 0 aromatic carbocycles. The SMILES string of the molecule is CN1CCN(c2ccnc3nc(CN(CCCCN)C4CCCn5ccnc54)[nH]c23)CC1. The van der Waals surface area contributed by atoms with Crippen LogP contribution in [0, 0.1) is 0 Å². The van der Waals surface area contributed by atoms with E-state index in [1.807, 2.05) is 12.4 Å². The van der Waals surface area contributed by atoms with Gasteiger partial charge in [0.1, 0.15) is 17.2 Å². The first-order valence-electron chi connectivity index (χ1n) is 11.9. The van der Waals surface area contributed by atoms with Crippen molar-refractivity contribution in [1.29, 1.82) is 0 Å². The number of rotatable bonds is 8. The van der Waals surface area contributed by atoms with Crippen molar-refractivity contribution in [1.82, 2.24) is 34.3 Å². The van der Waals surface area contributed by atoms with E-state index in [4.69, 9.17) is 15.7 Å². The summed E-state index contributed by atoms with van der Waals surface area (Å²) >= 11 is 0. The van der Waals surface area contributed by atoms with E-state index < -0.39 is 0 Å². The molecule has 3 aromatic heterocycles. The van der Waals surface area contributed by atoms with Crippen molar-refractivity contribution in [3.63, 3.8) is 0 Å². The smallest absolute Gasteiger partial charge is 0.179 e. The molecule has 1 fully saturated rings. The summed E-state index contributed by atoms with van der Waals surface area (Å²) < 4.78 is 2.30. The molecule has 9 nitrogen and oxygen atoms in total. The zero-order chi connectivity index (χ0) is 21.9. The van der Waals surface area contributed by atoms with Gasteiger partial charge in [0.15, 0.2) is 5.65 Å². The fourth-order valence-corrected chi connectivity index (χ4v) is 5.07. The standard InChI is InChI=1S/C23H35N9/c1-29-13-15-30(16-14-29)18-6-8-25-22-21(18)27-20(28-22)17-32(10-3-2-7-24)19-5-4-11-31-12-9-26-23(19)31/h6,8-9,12,19H,2-5,7,10-11,13-17,24H2,1H3,(H,25,27,28). The van der Waals surface area contributed by atoms with Crippen LogP contribution in [0.2, 0.25) is 0 Å². The van der Waals surface area contributed by atoms with Crippen molar-refractivity contribution < 1.29 is 0 Å². The highest BCUT2D eigenvalue weighted by molar-refractivity contribution is 5.86. The molecular formula is C23H35N9. The van der Waals surface area contributed by atoms with Gasteiger partial charge in [-0.15, -0.1) is 0 Å². The van der Waals surface area contributed by atoms with Crippen LogP contribution in [0.1, 0.15) is 43.4 Å². The number of aromatic amines is 1. The van der Waals surface area contributed by atoms with Gasteiger partial charge in [-0.25, -0.2) is 15.0 Å². The van der Waals surface area contributed by atoms with Gasteiger partial charge in [-0.3, -0.25) is 4.90 Å². The Hall–Kier alpha value is -2.49. The third-order valence-electron chi connectivity index (χ3n) is 6.88. The van der Waals surface area contributed by atoms with Crippen LogP contribution in [-0.2, 0) is 13.1 Å². The highest BCUT2D eigenvalue weighted by Gasteiger charge is 2.28. The number of hydrogen-bond donors (Lipinski definition) is 2. The van der Waals surface area contributed by atoms with Crippen LogP contribution < -0.4 is 10.6 Å². The fraction of sp³-hybridized carbons (Fsp3) is 0.609. The molecule has 3 aromatic rings. The average Bonchev–Trinajstić information content (AvgIpc) is 3.45. The summed E-state index contributed by atoms with van der Waals surface area (Å²) in [6.45, 7) is 7.76. The zero-order valence-electron chi connectivity index (χ0n) is 19.1. The number of piperazine rings is 1. The van der Waals surface area contributed by atoms with Gasteiger partial charge in [-0.2, -0.15) is 0 Å². The minimum atomic E-state index is 0.315. The lowest BCUT2D eigenvalue weighted by molar-refractivity contribution is 0.146. The number of nitrogens with zero attached hydrogens (tertiary/aromatic N) is 7. The number of nitrogens with one attached hydrogen (secondary N) is 1. The first-order chi connectivity index (χ1) is 15.7. The summed E-state index contributed by atoms with van der Waals surface area (Å²) in [5, 5.41) is 0. The summed E-state index contributed by atoms with van der Waals surface area (Å²) in [6.07, 6.45) is 10.3. The molecule has 0 saturated carbocycles. The molecule has 5 heterocycles. The van der Waals surface area contributed by atoms with E-state index >= 15 is 0 Å². The number of pyridine rings is 1. The highest BCUT2D eigenvalue weighted by atomic mass is 15.3. The number of likely N-dealkylation sites (N-methyl/N-ethyl adjacent to an activating group) is 1. The van der Waals surface area contributed by atoms with Crippen LogP contribution in [0.3, 0.4) is 0 Å². The van der Waals surface area contributed by atoms with Gasteiger partial charge in [-0.1, -0.05) is 0 Å². The molecule has 0 spiro atoms. The number of aromatic nitrogens is 5. The Kier molecular flexibility index (Phi) is 6.38. The maximum absolute atomic E-state index is 5.78. The summed E-state index contributed by atoms with van der Waals surface area (Å²) in [5.74, 6) is 2.15. The molecule has 0 radical (unpaired) electrons. The Morgan fingerprint density at radius 1 is 1.12 bits per heavy atom. The molecule has 2 aliphatic rings. The van der Waals surface area contributed by atoms with Crippen LogP contribution in [0.5, 0.6) is 0 Å². The van der Waals surface area contributed by atoms with Gasteiger partial charge in [0.05, 0.1) is 18.3 Å². The number of anilines is 1. The molecule has 1 unspecified atom stereocenters. The summed E-state index contributed by atoms with van der Waals surface area (Å²) in [7, 11) is 2.18. The topological polar surface area (TPSA) is 95.1 Å². The lowest BCUT2D eigenvalue weighted by Crippen LogP contribution is -2.44. The minimum absolute atomic E-state index is 0.315. The second-order valence-corrected chi connectivity index (χ2v) is 9.11. The fourth-order valence-electron chi connectivity index (χ4n) is 5.07. The van der Waals surface area contributed by atoms with E-state index in [0.29, 0.717) is 6.04 Å². The van der Waals surface area contributed by atoms with Crippen LogP contribution in [-0.4, -0.2) is 80.6 Å². The number of H-pyrrole nitrogens is 1. The summed E-state index contributed by atoms with van der Waals surface area (Å²) in [4.78, 5) is 25.1. The first-order valence-corrected chi connectivity index (χ1v) is 11.9. The van der Waals surface area contributed by atoms with E-state index in [1.165, 1.54) is 17.9 Å². The molecule has 0 amide bonds. The Labute approximate surface area is 189 Å². The molecule has 3 N–H and O–H groups in total. The maximum Gasteiger partial charge on any atom is 0.179 e. The Bertz CT molecular complexity index is 1020. The number of hydrogen-bond acceptors (Lipinski definition) is 7. The van der Waals surface area contributed by atoms with Gasteiger partial charge >= 0.3 is 0 Å². The number of unbranched alkanes of at least 4 members (excludes halogenated alkanes) is 1. The molecule has 9 heteroatoms. The van der Waals surface area contributed by atoms with E-state index in [2.05, 4.69) is 48.5 Å². The van der Waals surface area contributed by atoms with Gasteiger partial charge in [-0.05, 0) is 51.9 Å². The Morgan fingerprint density at radius 3 is 2.84 bits per heavy atom. The Balaban J connectivity index is 1.40. The van der Waals surface area contributed by atoms with Crippen molar-refractivity contribution in [3.05, 3.63) is 36.3 Å². The van der Waals surface area contributed by atoms with Crippen LogP contribution >= 0.6 is 0 Å². The van der Waals surface area contributed by atoms with Crippen molar-refractivity contribution >= 4 is 16.9 Å². The number of fused-ring (bicyclic) bond motifs is 2. The molecule has 5 rings (SSSR count). The molecule has 32 heavy (non-hydrogen) atoms. The monoisotopic (exact) mass is 437 g/mol. The van der Waals surface area contributed by atoms with Gasteiger partial charge in [0, 0.05) is 51.3 Å². The predicted octanol–water partition coefficient (Wildman–Crippen LogP) is 1.98. The van der Waals surface area contributed by atoms with Crippen molar-refractivity contribution in [2.75, 3.05) is 51.2 Å². The van der Waals surface area contributed by atoms with E-state index in [0.717, 1.165) is 88.6 Å². The number of aryl methyl sites for hydroxylation is 1. The van der Waals surface area contributed by atoms with Crippen LogP contribution in [0.15, 0.2) is 24.7 Å². The lowest BCUT2D eigenvalue weighted by atomic mass is 10.0. The summed E-state index contributed by atoms with van der Waals surface area (Å²) in [6, 6.07) is 2.43. The van der Waals surface area contributed by atoms with Crippen molar-refractivity contribution in [2.24, 2.45) is 5.73 Å². The molecule has 1 saturated heterocycles. The van der Waals surface area contributed by atoms with Crippen LogP contribution in [0.25, 0.3) is 11.2 Å². The minimum Gasteiger partial charge on any atom is -0.367 e. The molecule has 172 valence electrons. The largest absolute Gasteiger partial charge is 0.367 e. The van der Waals surface area contributed by atoms with Crippen molar-refractivity contribution in [3.8, 4) is 0 Å². The number of imidazole rings is 2. The molecule has 1 atom stereocenters. The maximum atomic E-state index is 5.78. The third-order valence-corrected chi connectivity index (χ3v) is 6.88. The van der Waals surface area contributed by atoms with Crippen LogP contribution in [0.4, 0.5) is 5.69 Å². The third kappa shape index (κ3) is 4.37. The molecule has 0 aliphatic carbocycles. The quantitative estimate of drug-likeness (QED) is 0.520. The first kappa shape index (κ1) is 21.4. The number of nitrogens with two attached hydrogens (primary N) is 1. The van der Waals surface area contributed by atoms with Gasteiger partial charge in [0.2, 0.25) is 0 Å². The predicted molar refractivity (Wildman–Crippen MR) is 126 cm³/mol. The van der Waals surface area contributed by atoms with Crippen molar-refractivity contribution in [2.45, 2.75) is 44.8 Å². The molecule has 0 bridgehead atoms. The molecular weight excluding hydrogens is 402 g/mol. The zero-order valence-corrected chi connectivity index (χ0v) is 19.1. The molecule has 2 aliphatic heterocycles. The summed E-state index contributed by atoms with van der Waals surface area (Å²) in [5.41, 5.74) is 8.86. The van der Waals surface area contributed by atoms with Gasteiger partial charge in [0.25, 0.3) is 0 Å². The second kappa shape index (κ2) is 9.56.